The largest absolute Gasteiger partial charge is 0.481 e. The van der Waals surface area contributed by atoms with Gasteiger partial charge in [-0.3, -0.25) is 4.79 Å². The Morgan fingerprint density at radius 3 is 2.25 bits per heavy atom. The maximum atomic E-state index is 11.1. The van der Waals surface area contributed by atoms with E-state index in [9.17, 15) is 4.79 Å². The van der Waals surface area contributed by atoms with Gasteiger partial charge in [-0.15, -0.1) is 0 Å². The van der Waals surface area contributed by atoms with E-state index in [1.807, 2.05) is 0 Å². The van der Waals surface area contributed by atoms with Crippen molar-refractivity contribution in [2.45, 2.75) is 37.0 Å². The molecule has 0 atom stereocenters. The molecule has 1 saturated carbocycles. The van der Waals surface area contributed by atoms with Gasteiger partial charge in [-0.25, -0.2) is 0 Å². The molecular weight excluding hydrogens is 214 g/mol. The van der Waals surface area contributed by atoms with Crippen molar-refractivity contribution in [3.63, 3.8) is 0 Å². The summed E-state index contributed by atoms with van der Waals surface area (Å²) in [5.74, 6) is -1.71. The number of carboxylic acid groups (broad SMARTS) is 1. The first kappa shape index (κ1) is 11.2. The average molecular weight is 227 g/mol. The Morgan fingerprint density at radius 2 is 1.81 bits per heavy atom. The van der Waals surface area contributed by atoms with Gasteiger partial charge in [-0.1, -0.05) is 5.11 Å². The number of carbonyl (C=O) groups is 1. The van der Waals surface area contributed by atoms with Crippen LogP contribution in [0.2, 0.25) is 0 Å². The highest BCUT2D eigenvalue weighted by Gasteiger charge is 2.49. The Morgan fingerprint density at radius 1 is 1.25 bits per heavy atom. The van der Waals surface area contributed by atoms with Gasteiger partial charge in [-0.05, 0) is 18.4 Å². The smallest absolute Gasteiger partial charge is 0.315 e. The Hall–Kier alpha value is -1.30. The van der Waals surface area contributed by atoms with Crippen LogP contribution < -0.4 is 0 Å². The molecule has 2 rings (SSSR count). The summed E-state index contributed by atoms with van der Waals surface area (Å²) in [7, 11) is 0. The maximum Gasteiger partial charge on any atom is 0.315 e. The summed E-state index contributed by atoms with van der Waals surface area (Å²) in [6.45, 7) is 1.09. The highest BCUT2D eigenvalue weighted by Crippen LogP contribution is 2.42. The predicted octanol–water partition coefficient (Wildman–Crippen LogP) is 1.44. The highest BCUT2D eigenvalue weighted by atomic mass is 16.7. The molecule has 1 heterocycles. The van der Waals surface area contributed by atoms with Crippen LogP contribution in [0.3, 0.4) is 0 Å². The summed E-state index contributed by atoms with van der Waals surface area (Å²) in [6, 6.07) is 0. The molecule has 0 aromatic carbocycles. The number of hydrogen-bond acceptors (Lipinski definition) is 4. The van der Waals surface area contributed by atoms with Gasteiger partial charge in [0, 0.05) is 17.8 Å². The van der Waals surface area contributed by atoms with Crippen molar-refractivity contribution in [1.82, 2.24) is 0 Å². The molecule has 16 heavy (non-hydrogen) atoms. The van der Waals surface area contributed by atoms with Crippen LogP contribution in [0.4, 0.5) is 0 Å². The van der Waals surface area contributed by atoms with Gasteiger partial charge in [0.15, 0.2) is 5.79 Å². The molecular formula is C9H13N3O4. The fourth-order valence-corrected chi connectivity index (χ4v) is 2.27. The molecule has 0 unspecified atom stereocenters. The number of ether oxygens (including phenoxy) is 2. The van der Waals surface area contributed by atoms with Gasteiger partial charge < -0.3 is 14.6 Å². The minimum Gasteiger partial charge on any atom is -0.481 e. The van der Waals surface area contributed by atoms with Crippen molar-refractivity contribution in [3.05, 3.63) is 10.4 Å². The molecule has 88 valence electrons. The number of rotatable bonds is 2. The molecule has 0 aromatic heterocycles. The van der Waals surface area contributed by atoms with Crippen LogP contribution in [0.15, 0.2) is 5.11 Å². The third-order valence-electron chi connectivity index (χ3n) is 3.29. The second-order valence-corrected chi connectivity index (χ2v) is 4.13. The van der Waals surface area contributed by atoms with E-state index in [1.54, 1.807) is 0 Å². The minimum atomic E-state index is -1.32. The highest BCUT2D eigenvalue weighted by molar-refractivity contribution is 5.79. The molecule has 1 aliphatic heterocycles. The van der Waals surface area contributed by atoms with E-state index in [-0.39, 0.29) is 12.8 Å². The van der Waals surface area contributed by atoms with Crippen molar-refractivity contribution in [1.29, 1.82) is 0 Å². The third kappa shape index (κ3) is 1.73. The van der Waals surface area contributed by atoms with E-state index in [0.29, 0.717) is 26.1 Å². The van der Waals surface area contributed by atoms with Gasteiger partial charge in [-0.2, -0.15) is 0 Å². The summed E-state index contributed by atoms with van der Waals surface area (Å²) >= 11 is 0. The van der Waals surface area contributed by atoms with Crippen LogP contribution in [0.5, 0.6) is 0 Å². The molecule has 1 saturated heterocycles. The summed E-state index contributed by atoms with van der Waals surface area (Å²) in [6.07, 6.45) is 1.43. The van der Waals surface area contributed by atoms with Crippen LogP contribution in [-0.4, -0.2) is 35.6 Å². The maximum absolute atomic E-state index is 11.1. The van der Waals surface area contributed by atoms with Crippen LogP contribution >= 0.6 is 0 Å². The lowest BCUT2D eigenvalue weighted by atomic mass is 9.79. The molecule has 0 aromatic rings. The number of azide groups is 1. The van der Waals surface area contributed by atoms with Crippen molar-refractivity contribution in [2.24, 2.45) is 5.11 Å². The SMILES string of the molecule is [N-]=[N+]=NC1(C(=O)O)CCC2(CC1)OCCO2. The number of aliphatic carboxylic acids is 1. The van der Waals surface area contributed by atoms with E-state index >= 15 is 0 Å². The summed E-state index contributed by atoms with van der Waals surface area (Å²) in [4.78, 5) is 13.8. The van der Waals surface area contributed by atoms with Gasteiger partial charge in [0.05, 0.1) is 13.2 Å². The summed E-state index contributed by atoms with van der Waals surface area (Å²) < 4.78 is 11.0. The zero-order chi connectivity index (χ0) is 11.6. The first-order chi connectivity index (χ1) is 7.63. The van der Waals surface area contributed by atoms with E-state index in [4.69, 9.17) is 20.1 Å². The van der Waals surface area contributed by atoms with Crippen LogP contribution in [0.25, 0.3) is 10.4 Å². The zero-order valence-corrected chi connectivity index (χ0v) is 8.76. The lowest BCUT2D eigenvalue weighted by Crippen LogP contribution is -2.46. The van der Waals surface area contributed by atoms with Crippen LogP contribution in [0.1, 0.15) is 25.7 Å². The molecule has 0 amide bonds. The Kier molecular flexibility index (Phi) is 2.75. The van der Waals surface area contributed by atoms with Gasteiger partial charge in [0.1, 0.15) is 5.54 Å². The molecule has 7 nitrogen and oxygen atoms in total. The third-order valence-corrected chi connectivity index (χ3v) is 3.29. The summed E-state index contributed by atoms with van der Waals surface area (Å²) in [5.41, 5.74) is 7.10. The molecule has 1 aliphatic carbocycles. The summed E-state index contributed by atoms with van der Waals surface area (Å²) in [5, 5.41) is 12.5. The lowest BCUT2D eigenvalue weighted by molar-refractivity contribution is -0.188. The Balaban J connectivity index is 2.12. The van der Waals surface area contributed by atoms with Gasteiger partial charge in [0.25, 0.3) is 0 Å². The van der Waals surface area contributed by atoms with Gasteiger partial charge in [0.2, 0.25) is 0 Å². The Labute approximate surface area is 92.0 Å². The topological polar surface area (TPSA) is 105 Å². The standard InChI is InChI=1S/C9H13N3O4/c10-12-11-8(7(13)14)1-3-9(4-2-8)15-5-6-16-9/h1-6H2,(H,13,14). The van der Waals surface area contributed by atoms with Crippen molar-refractivity contribution in [3.8, 4) is 0 Å². The first-order valence-electron chi connectivity index (χ1n) is 5.20. The number of nitrogens with zero attached hydrogens (tertiary/aromatic N) is 3. The molecule has 0 bridgehead atoms. The van der Waals surface area contributed by atoms with Crippen LogP contribution in [-0.2, 0) is 14.3 Å². The quantitative estimate of drug-likeness (QED) is 0.437. The minimum absolute atomic E-state index is 0.256. The second-order valence-electron chi connectivity index (χ2n) is 4.13. The molecule has 2 fully saturated rings. The van der Waals surface area contributed by atoms with Gasteiger partial charge >= 0.3 is 5.97 Å². The van der Waals surface area contributed by atoms with Crippen molar-refractivity contribution >= 4 is 5.97 Å². The van der Waals surface area contributed by atoms with Crippen molar-refractivity contribution < 1.29 is 19.4 Å². The molecule has 0 radical (unpaired) electrons. The molecule has 1 spiro atoms. The monoisotopic (exact) mass is 227 g/mol. The lowest BCUT2D eigenvalue weighted by Gasteiger charge is -2.38. The molecule has 2 aliphatic rings. The normalized spacial score (nSPS) is 26.2. The fourth-order valence-electron chi connectivity index (χ4n) is 2.27. The zero-order valence-electron chi connectivity index (χ0n) is 8.76. The first-order valence-corrected chi connectivity index (χ1v) is 5.20. The average Bonchev–Trinajstić information content (AvgIpc) is 2.71. The second kappa shape index (κ2) is 3.93. The van der Waals surface area contributed by atoms with E-state index in [0.717, 1.165) is 0 Å². The predicted molar refractivity (Wildman–Crippen MR) is 52.6 cm³/mol. The van der Waals surface area contributed by atoms with E-state index < -0.39 is 17.3 Å². The fraction of sp³-hybridized carbons (Fsp3) is 0.889. The van der Waals surface area contributed by atoms with E-state index in [2.05, 4.69) is 10.0 Å². The van der Waals surface area contributed by atoms with Crippen LogP contribution in [0, 0.1) is 0 Å². The molecule has 7 heteroatoms. The number of hydrogen-bond donors (Lipinski definition) is 1. The van der Waals surface area contributed by atoms with Crippen molar-refractivity contribution in [2.75, 3.05) is 13.2 Å². The van der Waals surface area contributed by atoms with E-state index in [1.165, 1.54) is 0 Å². The Bertz CT molecular complexity index is 331. The molecule has 1 N–H and O–H groups in total. The number of carboxylic acids is 1.